The standard InChI is InChI=1S/C45H38/c1-44(2,3)33-23-19-30(20-24-33)42-35-16-9-10-17-36(35)43(39-27-31(21-25-37(39)42)29-13-7-6-8-14-29)32-22-26-41-38(28-32)34-15-11-12-18-40(34)45(41,4)5/h6-28H,1-5H3. The Hall–Kier alpha value is -4.94. The highest BCUT2D eigenvalue weighted by molar-refractivity contribution is 6.22. The van der Waals surface area contributed by atoms with Crippen molar-refractivity contribution >= 4 is 21.5 Å². The zero-order valence-electron chi connectivity index (χ0n) is 26.8. The van der Waals surface area contributed by atoms with Gasteiger partial charge in [-0.1, -0.05) is 162 Å². The molecule has 45 heavy (non-hydrogen) atoms. The van der Waals surface area contributed by atoms with E-state index in [9.17, 15) is 0 Å². The molecule has 7 aromatic carbocycles. The molecule has 0 aromatic heterocycles. The van der Waals surface area contributed by atoms with Gasteiger partial charge in [0.1, 0.15) is 0 Å². The minimum atomic E-state index is -0.0157. The highest BCUT2D eigenvalue weighted by Gasteiger charge is 2.35. The van der Waals surface area contributed by atoms with Crippen molar-refractivity contribution in [1.82, 2.24) is 0 Å². The topological polar surface area (TPSA) is 0 Å². The summed E-state index contributed by atoms with van der Waals surface area (Å²) in [5, 5.41) is 5.15. The molecule has 1 aliphatic rings. The van der Waals surface area contributed by atoms with Crippen molar-refractivity contribution in [3.63, 3.8) is 0 Å². The molecule has 0 spiro atoms. The number of fused-ring (bicyclic) bond motifs is 5. The van der Waals surface area contributed by atoms with Gasteiger partial charge in [0, 0.05) is 5.41 Å². The van der Waals surface area contributed by atoms with Crippen LogP contribution in [0.4, 0.5) is 0 Å². The summed E-state index contributed by atoms with van der Waals surface area (Å²) in [5.74, 6) is 0. The van der Waals surface area contributed by atoms with Gasteiger partial charge in [0.05, 0.1) is 0 Å². The van der Waals surface area contributed by atoms with Crippen LogP contribution in [0.25, 0.3) is 66.1 Å². The van der Waals surface area contributed by atoms with Gasteiger partial charge in [-0.3, -0.25) is 0 Å². The molecular weight excluding hydrogens is 540 g/mol. The van der Waals surface area contributed by atoms with Gasteiger partial charge in [0.15, 0.2) is 0 Å². The quantitative estimate of drug-likeness (QED) is 0.183. The SMILES string of the molecule is CC(C)(C)c1ccc(-c2c3ccccc3c(-c3ccc4c(c3)-c3ccccc3C4(C)C)c3cc(-c4ccccc4)ccc23)cc1. The van der Waals surface area contributed by atoms with Gasteiger partial charge in [-0.2, -0.15) is 0 Å². The van der Waals surface area contributed by atoms with E-state index in [2.05, 4.69) is 174 Å². The van der Waals surface area contributed by atoms with Crippen LogP contribution in [0.1, 0.15) is 51.3 Å². The van der Waals surface area contributed by atoms with Crippen molar-refractivity contribution in [2.45, 2.75) is 45.4 Å². The summed E-state index contributed by atoms with van der Waals surface area (Å²) in [6, 6.07) is 52.2. The molecule has 0 saturated heterocycles. The van der Waals surface area contributed by atoms with Crippen molar-refractivity contribution in [3.8, 4) is 44.5 Å². The second-order valence-corrected chi connectivity index (χ2v) is 14.2. The van der Waals surface area contributed by atoms with Gasteiger partial charge < -0.3 is 0 Å². The van der Waals surface area contributed by atoms with Crippen LogP contribution in [0.15, 0.2) is 140 Å². The fourth-order valence-corrected chi connectivity index (χ4v) is 7.62. The lowest BCUT2D eigenvalue weighted by molar-refractivity contribution is 0.590. The Morgan fingerprint density at radius 1 is 0.400 bits per heavy atom. The van der Waals surface area contributed by atoms with Gasteiger partial charge in [-0.15, -0.1) is 0 Å². The minimum absolute atomic E-state index is 0.0157. The van der Waals surface area contributed by atoms with E-state index in [-0.39, 0.29) is 10.8 Å². The lowest BCUT2D eigenvalue weighted by atomic mass is 9.81. The molecule has 0 fully saturated rings. The lowest BCUT2D eigenvalue weighted by Gasteiger charge is -2.22. The summed E-state index contributed by atoms with van der Waals surface area (Å²) in [7, 11) is 0. The van der Waals surface area contributed by atoms with E-state index in [4.69, 9.17) is 0 Å². The zero-order chi connectivity index (χ0) is 30.9. The third-order valence-corrected chi connectivity index (χ3v) is 10.0. The molecule has 0 heterocycles. The summed E-state index contributed by atoms with van der Waals surface area (Å²) >= 11 is 0. The number of hydrogen-bond acceptors (Lipinski definition) is 0. The number of benzene rings is 7. The first-order valence-electron chi connectivity index (χ1n) is 16.1. The first kappa shape index (κ1) is 27.6. The summed E-state index contributed by atoms with van der Waals surface area (Å²) in [4.78, 5) is 0. The first-order chi connectivity index (χ1) is 21.7. The Balaban J connectivity index is 1.46. The third-order valence-electron chi connectivity index (χ3n) is 10.0. The first-order valence-corrected chi connectivity index (χ1v) is 16.1. The highest BCUT2D eigenvalue weighted by Crippen LogP contribution is 2.51. The predicted octanol–water partition coefficient (Wildman–Crippen LogP) is 12.6. The fourth-order valence-electron chi connectivity index (χ4n) is 7.62. The van der Waals surface area contributed by atoms with E-state index in [1.165, 1.54) is 82.7 Å². The van der Waals surface area contributed by atoms with Gasteiger partial charge >= 0.3 is 0 Å². The Kier molecular flexibility index (Phi) is 6.16. The van der Waals surface area contributed by atoms with Crippen LogP contribution < -0.4 is 0 Å². The molecule has 0 heteroatoms. The molecule has 7 aromatic rings. The van der Waals surface area contributed by atoms with E-state index in [1.54, 1.807) is 0 Å². The largest absolute Gasteiger partial charge is 0.0622 e. The molecule has 1 aliphatic carbocycles. The summed E-state index contributed by atoms with van der Waals surface area (Å²) in [6.45, 7) is 11.6. The maximum absolute atomic E-state index is 2.46. The van der Waals surface area contributed by atoms with Gasteiger partial charge in [0.2, 0.25) is 0 Å². The maximum atomic E-state index is 2.46. The predicted molar refractivity (Wildman–Crippen MR) is 194 cm³/mol. The summed E-state index contributed by atoms with van der Waals surface area (Å²) in [5.41, 5.74) is 14.6. The van der Waals surface area contributed by atoms with Crippen molar-refractivity contribution < 1.29 is 0 Å². The van der Waals surface area contributed by atoms with Crippen LogP contribution in [0.3, 0.4) is 0 Å². The zero-order valence-corrected chi connectivity index (χ0v) is 26.8. The molecule has 0 unspecified atom stereocenters. The third kappa shape index (κ3) is 4.35. The molecule has 0 N–H and O–H groups in total. The fraction of sp³-hybridized carbons (Fsp3) is 0.156. The summed E-state index contributed by atoms with van der Waals surface area (Å²) in [6.07, 6.45) is 0. The van der Waals surface area contributed by atoms with Crippen molar-refractivity contribution in [2.24, 2.45) is 0 Å². The average Bonchev–Trinajstić information content (AvgIpc) is 3.29. The van der Waals surface area contributed by atoms with Crippen LogP contribution >= 0.6 is 0 Å². The average molecular weight is 579 g/mol. The number of rotatable bonds is 3. The van der Waals surface area contributed by atoms with Gasteiger partial charge in [-0.05, 0) is 100 Å². The van der Waals surface area contributed by atoms with Crippen molar-refractivity contribution in [2.75, 3.05) is 0 Å². The Morgan fingerprint density at radius 3 is 1.67 bits per heavy atom. The second kappa shape index (κ2) is 10.0. The van der Waals surface area contributed by atoms with Gasteiger partial charge in [-0.25, -0.2) is 0 Å². The van der Waals surface area contributed by atoms with Crippen LogP contribution in [0.2, 0.25) is 0 Å². The molecule has 0 saturated carbocycles. The number of hydrogen-bond donors (Lipinski definition) is 0. The Bertz CT molecular complexity index is 2240. The maximum Gasteiger partial charge on any atom is 0.0158 e. The van der Waals surface area contributed by atoms with Crippen LogP contribution in [-0.4, -0.2) is 0 Å². The monoisotopic (exact) mass is 578 g/mol. The second-order valence-electron chi connectivity index (χ2n) is 14.2. The Labute approximate surface area is 267 Å². The smallest absolute Gasteiger partial charge is 0.0158 e. The van der Waals surface area contributed by atoms with E-state index < -0.39 is 0 Å². The lowest BCUT2D eigenvalue weighted by Crippen LogP contribution is -2.14. The van der Waals surface area contributed by atoms with Crippen LogP contribution in [0, 0.1) is 0 Å². The normalized spacial score (nSPS) is 13.6. The van der Waals surface area contributed by atoms with Crippen molar-refractivity contribution in [3.05, 3.63) is 156 Å². The van der Waals surface area contributed by atoms with E-state index in [1.807, 2.05) is 0 Å². The minimum Gasteiger partial charge on any atom is -0.0622 e. The molecule has 0 aliphatic heterocycles. The Morgan fingerprint density at radius 2 is 0.956 bits per heavy atom. The van der Waals surface area contributed by atoms with E-state index in [0.717, 1.165) is 0 Å². The molecule has 0 bridgehead atoms. The molecule has 0 atom stereocenters. The molecule has 0 amide bonds. The van der Waals surface area contributed by atoms with Gasteiger partial charge in [0.25, 0.3) is 0 Å². The van der Waals surface area contributed by atoms with E-state index >= 15 is 0 Å². The summed E-state index contributed by atoms with van der Waals surface area (Å²) < 4.78 is 0. The molecule has 8 rings (SSSR count). The van der Waals surface area contributed by atoms with Crippen LogP contribution in [0.5, 0.6) is 0 Å². The van der Waals surface area contributed by atoms with E-state index in [0.29, 0.717) is 0 Å². The van der Waals surface area contributed by atoms with Crippen molar-refractivity contribution in [1.29, 1.82) is 0 Å². The molecule has 0 radical (unpaired) electrons. The van der Waals surface area contributed by atoms with Crippen LogP contribution in [-0.2, 0) is 10.8 Å². The molecule has 218 valence electrons. The molecular formula is C45H38. The highest BCUT2D eigenvalue weighted by atomic mass is 14.4. The molecule has 0 nitrogen and oxygen atoms in total.